The second-order valence-electron chi connectivity index (χ2n) is 4.35. The second-order valence-corrected chi connectivity index (χ2v) is 6.18. The fraction of sp³-hybridized carbons (Fsp3) is 0.200. The Morgan fingerprint density at radius 1 is 1.11 bits per heavy atom. The van der Waals surface area contributed by atoms with Gasteiger partial charge in [0.1, 0.15) is 0 Å². The van der Waals surface area contributed by atoms with Crippen molar-refractivity contribution in [3.05, 3.63) is 58.6 Å². The van der Waals surface area contributed by atoms with Crippen molar-refractivity contribution < 1.29 is 4.21 Å². The average molecular weight is 294 g/mol. The highest BCUT2D eigenvalue weighted by atomic mass is 35.5. The number of aryl methyl sites for hydroxylation is 1. The molecule has 2 N–H and O–H groups in total. The SMILES string of the molecule is CCc1ccc(CS(=O)c2ccc(N)cc2Cl)cc1. The zero-order chi connectivity index (χ0) is 13.8. The summed E-state index contributed by atoms with van der Waals surface area (Å²) in [4.78, 5) is 0.635. The number of hydrogen-bond donors (Lipinski definition) is 1. The molecule has 2 rings (SSSR count). The van der Waals surface area contributed by atoms with Crippen LogP contribution in [0.4, 0.5) is 5.69 Å². The minimum atomic E-state index is -1.15. The van der Waals surface area contributed by atoms with Gasteiger partial charge >= 0.3 is 0 Å². The molecule has 2 aromatic rings. The van der Waals surface area contributed by atoms with E-state index in [9.17, 15) is 4.21 Å². The standard InChI is InChI=1S/C15H16ClNOS/c1-2-11-3-5-12(6-4-11)10-19(18)15-8-7-13(17)9-14(15)16/h3-9H,2,10,17H2,1H3. The minimum absolute atomic E-state index is 0.462. The number of anilines is 1. The maximum absolute atomic E-state index is 12.3. The molecule has 0 spiro atoms. The van der Waals surface area contributed by atoms with Crippen molar-refractivity contribution in [3.63, 3.8) is 0 Å². The van der Waals surface area contributed by atoms with Gasteiger partial charge in [-0.05, 0) is 35.7 Å². The first kappa shape index (κ1) is 14.1. The van der Waals surface area contributed by atoms with Crippen LogP contribution in [-0.2, 0) is 23.0 Å². The van der Waals surface area contributed by atoms with E-state index < -0.39 is 10.8 Å². The van der Waals surface area contributed by atoms with Crippen molar-refractivity contribution in [1.29, 1.82) is 0 Å². The van der Waals surface area contributed by atoms with Gasteiger partial charge in [0.2, 0.25) is 0 Å². The van der Waals surface area contributed by atoms with Crippen molar-refractivity contribution >= 4 is 28.1 Å². The van der Waals surface area contributed by atoms with E-state index in [-0.39, 0.29) is 0 Å². The first-order chi connectivity index (χ1) is 9.10. The summed E-state index contributed by atoms with van der Waals surface area (Å²) in [6.07, 6.45) is 1.01. The zero-order valence-corrected chi connectivity index (χ0v) is 12.3. The van der Waals surface area contributed by atoms with Gasteiger partial charge in [-0.2, -0.15) is 0 Å². The molecule has 0 fully saturated rings. The Morgan fingerprint density at radius 3 is 2.32 bits per heavy atom. The van der Waals surface area contributed by atoms with E-state index in [1.807, 2.05) is 12.1 Å². The zero-order valence-electron chi connectivity index (χ0n) is 10.7. The van der Waals surface area contributed by atoms with Gasteiger partial charge in [0.25, 0.3) is 0 Å². The fourth-order valence-corrected chi connectivity index (χ4v) is 3.40. The lowest BCUT2D eigenvalue weighted by Crippen LogP contribution is -1.98. The summed E-state index contributed by atoms with van der Waals surface area (Å²) in [5.74, 6) is 0.466. The van der Waals surface area contributed by atoms with Crippen LogP contribution in [-0.4, -0.2) is 4.21 Å². The highest BCUT2D eigenvalue weighted by Crippen LogP contribution is 2.24. The summed E-state index contributed by atoms with van der Waals surface area (Å²) in [5, 5.41) is 0.462. The summed E-state index contributed by atoms with van der Waals surface area (Å²) < 4.78 is 12.3. The highest BCUT2D eigenvalue weighted by Gasteiger charge is 2.09. The van der Waals surface area contributed by atoms with Gasteiger partial charge in [0.15, 0.2) is 0 Å². The third-order valence-electron chi connectivity index (χ3n) is 2.93. The van der Waals surface area contributed by atoms with Crippen LogP contribution in [0.1, 0.15) is 18.1 Å². The predicted octanol–water partition coefficient (Wildman–Crippen LogP) is 3.79. The van der Waals surface area contributed by atoms with Crippen LogP contribution in [0.5, 0.6) is 0 Å². The molecule has 2 aromatic carbocycles. The smallest absolute Gasteiger partial charge is 0.0589 e. The second kappa shape index (κ2) is 6.22. The fourth-order valence-electron chi connectivity index (χ4n) is 1.80. The van der Waals surface area contributed by atoms with Crippen LogP contribution >= 0.6 is 11.6 Å². The summed E-state index contributed by atoms with van der Waals surface area (Å²) in [5.41, 5.74) is 8.53. The minimum Gasteiger partial charge on any atom is -0.399 e. The van der Waals surface area contributed by atoms with Gasteiger partial charge in [-0.1, -0.05) is 42.8 Å². The maximum Gasteiger partial charge on any atom is 0.0589 e. The van der Waals surface area contributed by atoms with E-state index in [0.29, 0.717) is 21.4 Å². The van der Waals surface area contributed by atoms with Crippen LogP contribution < -0.4 is 5.73 Å². The Kier molecular flexibility index (Phi) is 4.61. The topological polar surface area (TPSA) is 43.1 Å². The van der Waals surface area contributed by atoms with Gasteiger partial charge < -0.3 is 5.73 Å². The number of benzene rings is 2. The van der Waals surface area contributed by atoms with E-state index in [1.54, 1.807) is 18.2 Å². The normalized spacial score (nSPS) is 12.3. The molecule has 19 heavy (non-hydrogen) atoms. The lowest BCUT2D eigenvalue weighted by molar-refractivity contribution is 0.682. The number of nitrogens with two attached hydrogens (primary N) is 1. The summed E-state index contributed by atoms with van der Waals surface area (Å²) in [6, 6.07) is 13.3. The van der Waals surface area contributed by atoms with Crippen molar-refractivity contribution in [3.8, 4) is 0 Å². The Bertz CT molecular complexity index is 596. The average Bonchev–Trinajstić information content (AvgIpc) is 2.39. The molecule has 2 nitrogen and oxygen atoms in total. The first-order valence-corrected chi connectivity index (χ1v) is 7.81. The van der Waals surface area contributed by atoms with Crippen LogP contribution in [0, 0.1) is 0 Å². The van der Waals surface area contributed by atoms with Crippen LogP contribution in [0.25, 0.3) is 0 Å². The molecule has 0 saturated heterocycles. The number of hydrogen-bond acceptors (Lipinski definition) is 2. The first-order valence-electron chi connectivity index (χ1n) is 6.11. The maximum atomic E-state index is 12.3. The molecule has 0 aliphatic rings. The Balaban J connectivity index is 2.15. The molecule has 1 unspecified atom stereocenters. The van der Waals surface area contributed by atoms with Crippen molar-refractivity contribution in [2.75, 3.05) is 5.73 Å². The van der Waals surface area contributed by atoms with E-state index in [1.165, 1.54) is 5.56 Å². The van der Waals surface area contributed by atoms with Crippen LogP contribution in [0.3, 0.4) is 0 Å². The van der Waals surface area contributed by atoms with Gasteiger partial charge in [-0.3, -0.25) is 4.21 Å². The third kappa shape index (κ3) is 3.58. The molecule has 0 amide bonds. The Hall–Kier alpha value is -1.32. The molecule has 0 bridgehead atoms. The van der Waals surface area contributed by atoms with Crippen LogP contribution in [0.15, 0.2) is 47.4 Å². The lowest BCUT2D eigenvalue weighted by Gasteiger charge is -2.06. The van der Waals surface area contributed by atoms with Crippen molar-refractivity contribution in [2.45, 2.75) is 24.0 Å². The van der Waals surface area contributed by atoms with Gasteiger partial charge in [-0.15, -0.1) is 0 Å². The number of halogens is 1. The summed E-state index contributed by atoms with van der Waals surface area (Å²) in [6.45, 7) is 2.11. The molecule has 0 saturated carbocycles. The highest BCUT2D eigenvalue weighted by molar-refractivity contribution is 7.84. The van der Waals surface area contributed by atoms with E-state index in [0.717, 1.165) is 12.0 Å². The number of nitrogen functional groups attached to an aromatic ring is 1. The summed E-state index contributed by atoms with van der Waals surface area (Å²) >= 11 is 6.07. The third-order valence-corrected chi connectivity index (χ3v) is 4.80. The molecular weight excluding hydrogens is 278 g/mol. The Labute approximate surface area is 121 Å². The van der Waals surface area contributed by atoms with Crippen molar-refractivity contribution in [2.24, 2.45) is 0 Å². The monoisotopic (exact) mass is 293 g/mol. The molecule has 0 heterocycles. The molecule has 0 aliphatic carbocycles. The molecule has 4 heteroatoms. The van der Waals surface area contributed by atoms with Gasteiger partial charge in [0, 0.05) is 5.69 Å². The van der Waals surface area contributed by atoms with Gasteiger partial charge in [0.05, 0.1) is 26.5 Å². The molecular formula is C15H16ClNOS. The quantitative estimate of drug-likeness (QED) is 0.872. The predicted molar refractivity (Wildman–Crippen MR) is 81.8 cm³/mol. The molecule has 0 aromatic heterocycles. The van der Waals surface area contributed by atoms with Crippen LogP contribution in [0.2, 0.25) is 5.02 Å². The van der Waals surface area contributed by atoms with E-state index in [2.05, 4.69) is 19.1 Å². The van der Waals surface area contributed by atoms with Gasteiger partial charge in [-0.25, -0.2) is 0 Å². The van der Waals surface area contributed by atoms with E-state index >= 15 is 0 Å². The molecule has 0 aliphatic heterocycles. The van der Waals surface area contributed by atoms with Crippen molar-refractivity contribution in [1.82, 2.24) is 0 Å². The largest absolute Gasteiger partial charge is 0.399 e. The Morgan fingerprint density at radius 2 is 1.74 bits per heavy atom. The molecule has 0 radical (unpaired) electrons. The van der Waals surface area contributed by atoms with E-state index in [4.69, 9.17) is 17.3 Å². The molecule has 100 valence electrons. The number of rotatable bonds is 4. The molecule has 1 atom stereocenters. The summed E-state index contributed by atoms with van der Waals surface area (Å²) in [7, 11) is -1.15. The lowest BCUT2D eigenvalue weighted by atomic mass is 10.1.